The van der Waals surface area contributed by atoms with Gasteiger partial charge in [-0.1, -0.05) is 11.6 Å². The highest BCUT2D eigenvalue weighted by Gasteiger charge is 2.17. The molecule has 0 spiro atoms. The van der Waals surface area contributed by atoms with Crippen LogP contribution < -0.4 is 0 Å². The lowest BCUT2D eigenvalue weighted by atomic mass is 9.93. The van der Waals surface area contributed by atoms with Crippen LogP contribution in [0.15, 0.2) is 22.8 Å². The number of rotatable bonds is 0. The van der Waals surface area contributed by atoms with Crippen molar-refractivity contribution in [2.75, 3.05) is 0 Å². The minimum atomic E-state index is 0.884. The van der Waals surface area contributed by atoms with Gasteiger partial charge in [0.2, 0.25) is 0 Å². The molecule has 0 saturated heterocycles. The van der Waals surface area contributed by atoms with Crippen molar-refractivity contribution in [3.63, 3.8) is 0 Å². The molecule has 0 unspecified atom stereocenters. The van der Waals surface area contributed by atoms with E-state index in [-0.39, 0.29) is 0 Å². The Morgan fingerprint density at radius 1 is 1.23 bits per heavy atom. The summed E-state index contributed by atoms with van der Waals surface area (Å²) in [4.78, 5) is 0. The Bertz CT molecular complexity index is 470. The van der Waals surface area contributed by atoms with Gasteiger partial charge in [0.1, 0.15) is 5.58 Å². The van der Waals surface area contributed by atoms with Crippen molar-refractivity contribution in [3.8, 4) is 0 Å². The van der Waals surface area contributed by atoms with E-state index in [1.807, 2.05) is 18.4 Å². The fourth-order valence-electron chi connectivity index (χ4n) is 2.13. The summed E-state index contributed by atoms with van der Waals surface area (Å²) >= 11 is 6.12. The van der Waals surface area contributed by atoms with E-state index in [0.29, 0.717) is 0 Å². The van der Waals surface area contributed by atoms with Gasteiger partial charge < -0.3 is 4.42 Å². The van der Waals surface area contributed by atoms with Crippen LogP contribution in [0.2, 0.25) is 5.02 Å². The van der Waals surface area contributed by atoms with Gasteiger partial charge in [0, 0.05) is 10.4 Å². The smallest absolute Gasteiger partial charge is 0.134 e. The minimum Gasteiger partial charge on any atom is -0.464 e. The van der Waals surface area contributed by atoms with Gasteiger partial charge in [-0.05, 0) is 42.5 Å². The molecule has 0 atom stereocenters. The summed E-state index contributed by atoms with van der Waals surface area (Å²) in [6.45, 7) is 0. The number of hydrogen-bond acceptors (Lipinski definition) is 1. The Morgan fingerprint density at radius 3 is 3.08 bits per heavy atom. The zero-order valence-electron chi connectivity index (χ0n) is 7.14. The van der Waals surface area contributed by atoms with Crippen LogP contribution in [-0.4, -0.2) is 0 Å². The largest absolute Gasteiger partial charge is 0.464 e. The number of furan rings is 1. The normalized spacial score (nSPS) is 15.2. The molecule has 3 rings (SSSR count). The van der Waals surface area contributed by atoms with E-state index >= 15 is 0 Å². The van der Waals surface area contributed by atoms with Crippen molar-refractivity contribution < 1.29 is 4.42 Å². The summed E-state index contributed by atoms with van der Waals surface area (Å²) in [5.41, 5.74) is 3.57. The molecule has 1 aromatic heterocycles. The van der Waals surface area contributed by atoms with Crippen LogP contribution in [0, 0.1) is 0 Å². The molecule has 1 aliphatic carbocycles. The van der Waals surface area contributed by atoms with Crippen molar-refractivity contribution >= 4 is 22.6 Å². The first-order chi connectivity index (χ1) is 6.36. The average Bonchev–Trinajstić information content (AvgIpc) is 2.57. The highest BCUT2D eigenvalue weighted by Crippen LogP contribution is 2.35. The third-order valence-electron chi connectivity index (χ3n) is 2.74. The first kappa shape index (κ1) is 7.45. The summed E-state index contributed by atoms with van der Waals surface area (Å²) in [5, 5.41) is 2.15. The van der Waals surface area contributed by atoms with Crippen molar-refractivity contribution in [3.05, 3.63) is 34.5 Å². The van der Waals surface area contributed by atoms with Crippen LogP contribution in [0.25, 0.3) is 11.0 Å². The lowest BCUT2D eigenvalue weighted by Gasteiger charge is -2.12. The summed E-state index contributed by atoms with van der Waals surface area (Å²) in [6, 6.07) is 3.88. The molecule has 1 aromatic carbocycles. The zero-order chi connectivity index (χ0) is 8.84. The van der Waals surface area contributed by atoms with Crippen LogP contribution in [0.3, 0.4) is 0 Å². The van der Waals surface area contributed by atoms with E-state index in [0.717, 1.165) is 23.4 Å². The van der Waals surface area contributed by atoms with Crippen molar-refractivity contribution in [2.24, 2.45) is 0 Å². The fourth-order valence-corrected chi connectivity index (χ4v) is 2.38. The summed E-state index contributed by atoms with van der Waals surface area (Å²) < 4.78 is 5.46. The number of benzene rings is 1. The predicted molar refractivity (Wildman–Crippen MR) is 53.2 cm³/mol. The molecule has 1 aliphatic rings. The molecule has 0 saturated carbocycles. The van der Waals surface area contributed by atoms with Crippen molar-refractivity contribution in [1.29, 1.82) is 0 Å². The molecule has 0 bridgehead atoms. The molecule has 13 heavy (non-hydrogen) atoms. The molecule has 0 aliphatic heterocycles. The lowest BCUT2D eigenvalue weighted by Crippen LogP contribution is -1.98. The summed E-state index contributed by atoms with van der Waals surface area (Å²) in [7, 11) is 0. The second-order valence-corrected chi connectivity index (χ2v) is 3.92. The second kappa shape index (κ2) is 2.52. The molecule has 1 heterocycles. The van der Waals surface area contributed by atoms with E-state index in [4.69, 9.17) is 16.0 Å². The Hall–Kier alpha value is -0.950. The highest BCUT2D eigenvalue weighted by molar-refractivity contribution is 6.32. The maximum atomic E-state index is 6.12. The maximum absolute atomic E-state index is 6.12. The molecular weight excluding hydrogens is 184 g/mol. The Kier molecular flexibility index (Phi) is 1.44. The van der Waals surface area contributed by atoms with Gasteiger partial charge >= 0.3 is 0 Å². The van der Waals surface area contributed by atoms with Gasteiger partial charge in [0.05, 0.1) is 6.26 Å². The molecule has 66 valence electrons. The molecular formula is C11H9ClO. The van der Waals surface area contributed by atoms with Gasteiger partial charge in [0.15, 0.2) is 0 Å². The Morgan fingerprint density at radius 2 is 2.15 bits per heavy atom. The first-order valence-electron chi connectivity index (χ1n) is 4.54. The summed E-state index contributed by atoms with van der Waals surface area (Å²) in [5.74, 6) is 0. The fraction of sp³-hybridized carbons (Fsp3) is 0.273. The van der Waals surface area contributed by atoms with Gasteiger partial charge in [0.25, 0.3) is 0 Å². The first-order valence-corrected chi connectivity index (χ1v) is 4.91. The molecule has 2 aromatic rings. The van der Waals surface area contributed by atoms with Crippen LogP contribution in [-0.2, 0) is 12.8 Å². The quantitative estimate of drug-likeness (QED) is 0.622. The number of hydrogen-bond donors (Lipinski definition) is 0. The predicted octanol–water partition coefficient (Wildman–Crippen LogP) is 3.57. The van der Waals surface area contributed by atoms with Crippen molar-refractivity contribution in [2.45, 2.75) is 19.3 Å². The third-order valence-corrected chi connectivity index (χ3v) is 3.09. The Labute approximate surface area is 81.3 Å². The summed E-state index contributed by atoms with van der Waals surface area (Å²) in [6.07, 6.45) is 5.26. The average molecular weight is 193 g/mol. The number of aryl methyl sites for hydroxylation is 2. The molecule has 0 N–H and O–H groups in total. The molecule has 0 radical (unpaired) electrons. The van der Waals surface area contributed by atoms with E-state index in [9.17, 15) is 0 Å². The minimum absolute atomic E-state index is 0.884. The standard InChI is InChI=1S/C11H9ClO/c12-9-4-5-10-11-7(6-13-10)2-1-3-8(9)11/h4-6H,1-3H2. The van der Waals surface area contributed by atoms with Crippen LogP contribution >= 0.6 is 11.6 Å². The molecule has 2 heteroatoms. The monoisotopic (exact) mass is 192 g/mol. The Balaban J connectivity index is 2.50. The molecule has 1 nitrogen and oxygen atoms in total. The van der Waals surface area contributed by atoms with Crippen LogP contribution in [0.4, 0.5) is 0 Å². The van der Waals surface area contributed by atoms with E-state index in [1.54, 1.807) is 0 Å². The lowest BCUT2D eigenvalue weighted by molar-refractivity contribution is 0.609. The zero-order valence-corrected chi connectivity index (χ0v) is 7.90. The number of halogens is 1. The van der Waals surface area contributed by atoms with Gasteiger partial charge in [-0.3, -0.25) is 0 Å². The van der Waals surface area contributed by atoms with Gasteiger partial charge in [-0.2, -0.15) is 0 Å². The SMILES string of the molecule is Clc1ccc2occ3c2c1CCC3. The third kappa shape index (κ3) is 0.939. The molecule has 0 fully saturated rings. The molecule has 0 amide bonds. The van der Waals surface area contributed by atoms with Crippen LogP contribution in [0.1, 0.15) is 17.5 Å². The van der Waals surface area contributed by atoms with Crippen molar-refractivity contribution in [1.82, 2.24) is 0 Å². The van der Waals surface area contributed by atoms with Gasteiger partial charge in [-0.15, -0.1) is 0 Å². The van der Waals surface area contributed by atoms with E-state index < -0.39 is 0 Å². The maximum Gasteiger partial charge on any atom is 0.134 e. The van der Waals surface area contributed by atoms with Crippen LogP contribution in [0.5, 0.6) is 0 Å². The topological polar surface area (TPSA) is 13.1 Å². The highest BCUT2D eigenvalue weighted by atomic mass is 35.5. The second-order valence-electron chi connectivity index (χ2n) is 3.51. The van der Waals surface area contributed by atoms with Gasteiger partial charge in [-0.25, -0.2) is 0 Å². The van der Waals surface area contributed by atoms with E-state index in [2.05, 4.69) is 0 Å². The van der Waals surface area contributed by atoms with E-state index in [1.165, 1.54) is 22.9 Å².